The molecule has 2 aromatic carbocycles. The Hall–Kier alpha value is -5.00. The molecule has 0 spiro atoms. The molecule has 1 unspecified atom stereocenters. The van der Waals surface area contributed by atoms with Gasteiger partial charge in [-0.2, -0.15) is 0 Å². The maximum Gasteiger partial charge on any atom is 0.269 e. The highest BCUT2D eigenvalue weighted by atomic mass is 19.1. The van der Waals surface area contributed by atoms with E-state index < -0.39 is 17.8 Å². The van der Waals surface area contributed by atoms with E-state index in [0.717, 1.165) is 11.1 Å². The zero-order valence-corrected chi connectivity index (χ0v) is 19.7. The zero-order chi connectivity index (χ0) is 25.6. The lowest BCUT2D eigenvalue weighted by atomic mass is 10.0. The summed E-state index contributed by atoms with van der Waals surface area (Å²) < 4.78 is 15.6. The average Bonchev–Trinajstić information content (AvgIpc) is 3.57. The number of benzene rings is 2. The number of hydrogen-bond donors (Lipinski definition) is 1. The molecule has 5 rings (SSSR count). The van der Waals surface area contributed by atoms with Gasteiger partial charge in [-0.15, -0.1) is 5.10 Å². The molecule has 0 bridgehead atoms. The fourth-order valence-electron chi connectivity index (χ4n) is 3.60. The fourth-order valence-corrected chi connectivity index (χ4v) is 3.60. The van der Waals surface area contributed by atoms with Crippen LogP contribution in [0.5, 0.6) is 0 Å². The van der Waals surface area contributed by atoms with Gasteiger partial charge in [-0.25, -0.2) is 14.1 Å². The highest BCUT2D eigenvalue weighted by molar-refractivity contribution is 6.06. The number of halogens is 1. The van der Waals surface area contributed by atoms with Crippen molar-refractivity contribution >= 4 is 23.7 Å². The number of hydrogen-bond acceptors (Lipinski definition) is 9. The molecular weight excluding hydrogens is 479 g/mol. The number of aryl methyl sites for hydroxylation is 1. The molecule has 1 aliphatic rings. The number of carbonyl (C=O) groups is 1. The highest BCUT2D eigenvalue weighted by Gasteiger charge is 2.30. The van der Waals surface area contributed by atoms with Crippen LogP contribution < -0.4 is 5.32 Å². The third-order valence-corrected chi connectivity index (χ3v) is 5.48. The first kappa shape index (κ1) is 23.7. The van der Waals surface area contributed by atoms with Gasteiger partial charge in [-0.3, -0.25) is 4.79 Å². The van der Waals surface area contributed by atoms with Gasteiger partial charge >= 0.3 is 0 Å². The number of nitrogens with one attached hydrogen (secondary N) is 1. The van der Waals surface area contributed by atoms with Crippen LogP contribution >= 0.6 is 0 Å². The normalized spacial score (nSPS) is 14.9. The number of oxime groups is 2. The summed E-state index contributed by atoms with van der Waals surface area (Å²) in [4.78, 5) is 27.6. The predicted molar refractivity (Wildman–Crippen MR) is 132 cm³/mol. The lowest BCUT2D eigenvalue weighted by Crippen LogP contribution is -2.28. The first-order chi connectivity index (χ1) is 18.1. The maximum absolute atomic E-state index is 14.0. The Balaban J connectivity index is 1.12. The Morgan fingerprint density at radius 3 is 2.81 bits per heavy atom. The molecule has 1 N–H and O–H groups in total. The standard InChI is InChI=1S/C25H21FN8O3/c1-34-24(30-32-33-34)17-11-9-16(10-12-17)14-27-36-15-18-5-4-8-23(28-18)29-25(35)22-13-21(31-37-22)19-6-2-3-7-20(19)26/h2-12,14,22H,13,15H2,1H3,(H,28,29,35). The van der Waals surface area contributed by atoms with Crippen molar-refractivity contribution in [2.24, 2.45) is 17.4 Å². The van der Waals surface area contributed by atoms with Crippen LogP contribution in [0.25, 0.3) is 11.4 Å². The summed E-state index contributed by atoms with van der Waals surface area (Å²) in [5.74, 6) is 0.140. The van der Waals surface area contributed by atoms with Gasteiger partial charge in [-0.1, -0.05) is 58.8 Å². The van der Waals surface area contributed by atoms with Gasteiger partial charge in [0, 0.05) is 24.6 Å². The average molecular weight is 500 g/mol. The SMILES string of the molecule is Cn1nnnc1-c1ccc(C=NOCc2cccc(NC(=O)C3CC(c4ccccc4F)=NO3)n2)cc1. The van der Waals surface area contributed by atoms with Crippen molar-refractivity contribution in [3.8, 4) is 11.4 Å². The summed E-state index contributed by atoms with van der Waals surface area (Å²) in [7, 11) is 1.77. The summed E-state index contributed by atoms with van der Waals surface area (Å²) in [6.45, 7) is 0.101. The van der Waals surface area contributed by atoms with Crippen molar-refractivity contribution in [2.75, 3.05) is 5.32 Å². The van der Waals surface area contributed by atoms with Crippen LogP contribution in [0.4, 0.5) is 10.2 Å². The molecule has 1 atom stereocenters. The summed E-state index contributed by atoms with van der Waals surface area (Å²) in [6, 6.07) is 18.9. The Bertz CT molecular complexity index is 1470. The van der Waals surface area contributed by atoms with Crippen molar-refractivity contribution in [1.29, 1.82) is 0 Å². The molecule has 0 saturated heterocycles. The quantitative estimate of drug-likeness (QED) is 0.291. The lowest BCUT2D eigenvalue weighted by molar-refractivity contribution is -0.125. The molecule has 0 fully saturated rings. The molecule has 1 amide bonds. The molecule has 4 aromatic rings. The monoisotopic (exact) mass is 500 g/mol. The third-order valence-electron chi connectivity index (χ3n) is 5.48. The first-order valence-corrected chi connectivity index (χ1v) is 11.3. The van der Waals surface area contributed by atoms with Crippen molar-refractivity contribution in [2.45, 2.75) is 19.1 Å². The van der Waals surface area contributed by atoms with E-state index in [2.05, 4.69) is 36.1 Å². The minimum atomic E-state index is -0.878. The summed E-state index contributed by atoms with van der Waals surface area (Å²) >= 11 is 0. The molecule has 1 aliphatic heterocycles. The maximum atomic E-state index is 14.0. The van der Waals surface area contributed by atoms with Gasteiger partial charge in [0.25, 0.3) is 5.91 Å². The second-order valence-electron chi connectivity index (χ2n) is 8.08. The third kappa shape index (κ3) is 5.64. The molecule has 0 radical (unpaired) electrons. The van der Waals surface area contributed by atoms with Crippen molar-refractivity contribution in [3.05, 3.63) is 89.4 Å². The van der Waals surface area contributed by atoms with Crippen LogP contribution in [0.3, 0.4) is 0 Å². The van der Waals surface area contributed by atoms with Crippen molar-refractivity contribution in [1.82, 2.24) is 25.2 Å². The van der Waals surface area contributed by atoms with Gasteiger partial charge in [-0.05, 0) is 34.2 Å². The van der Waals surface area contributed by atoms with Gasteiger partial charge in [0.15, 0.2) is 12.4 Å². The summed E-state index contributed by atoms with van der Waals surface area (Å²) in [5.41, 5.74) is 2.98. The molecule has 2 aromatic heterocycles. The minimum Gasteiger partial charge on any atom is -0.389 e. The van der Waals surface area contributed by atoms with E-state index in [-0.39, 0.29) is 13.0 Å². The minimum absolute atomic E-state index is 0.101. The van der Waals surface area contributed by atoms with E-state index in [0.29, 0.717) is 28.6 Å². The number of rotatable bonds is 8. The predicted octanol–water partition coefficient (Wildman–Crippen LogP) is 3.09. The lowest BCUT2D eigenvalue weighted by Gasteiger charge is -2.10. The molecule has 0 aliphatic carbocycles. The molecule has 0 saturated carbocycles. The van der Waals surface area contributed by atoms with E-state index in [1.54, 1.807) is 54.3 Å². The van der Waals surface area contributed by atoms with Crippen LogP contribution in [-0.2, 0) is 28.1 Å². The van der Waals surface area contributed by atoms with E-state index in [1.807, 2.05) is 24.3 Å². The topological polar surface area (TPSA) is 129 Å². The fraction of sp³-hybridized carbons (Fsp3) is 0.160. The number of pyridine rings is 1. The van der Waals surface area contributed by atoms with E-state index in [4.69, 9.17) is 9.68 Å². The van der Waals surface area contributed by atoms with Crippen molar-refractivity contribution in [3.63, 3.8) is 0 Å². The summed E-state index contributed by atoms with van der Waals surface area (Å²) in [6.07, 6.45) is 0.854. The van der Waals surface area contributed by atoms with Gasteiger partial charge in [0.1, 0.15) is 11.6 Å². The molecular formula is C25H21FN8O3. The van der Waals surface area contributed by atoms with Gasteiger partial charge in [0.05, 0.1) is 17.6 Å². The molecule has 186 valence electrons. The Morgan fingerprint density at radius 2 is 2.03 bits per heavy atom. The number of anilines is 1. The van der Waals surface area contributed by atoms with E-state index >= 15 is 0 Å². The second kappa shape index (κ2) is 10.7. The van der Waals surface area contributed by atoms with Crippen molar-refractivity contribution < 1.29 is 18.9 Å². The molecule has 37 heavy (non-hydrogen) atoms. The number of carbonyl (C=O) groups excluding carboxylic acids is 1. The number of tetrazole rings is 1. The first-order valence-electron chi connectivity index (χ1n) is 11.3. The molecule has 3 heterocycles. The Morgan fingerprint density at radius 1 is 1.19 bits per heavy atom. The Labute approximate surface area is 210 Å². The van der Waals surface area contributed by atoms with Crippen LogP contribution in [0.2, 0.25) is 0 Å². The second-order valence-corrected chi connectivity index (χ2v) is 8.08. The van der Waals surface area contributed by atoms with E-state index in [1.165, 1.54) is 6.07 Å². The zero-order valence-electron chi connectivity index (χ0n) is 19.7. The summed E-state index contributed by atoms with van der Waals surface area (Å²) in [5, 5.41) is 22.0. The van der Waals surface area contributed by atoms with E-state index in [9.17, 15) is 9.18 Å². The van der Waals surface area contributed by atoms with Crippen LogP contribution in [-0.4, -0.2) is 49.1 Å². The van der Waals surface area contributed by atoms with Crippen LogP contribution in [0.1, 0.15) is 23.2 Å². The molecule has 12 heteroatoms. The Kier molecular flexibility index (Phi) is 6.88. The number of nitrogens with zero attached hydrogens (tertiary/aromatic N) is 7. The molecule has 11 nitrogen and oxygen atoms in total. The largest absolute Gasteiger partial charge is 0.389 e. The van der Waals surface area contributed by atoms with Crippen LogP contribution in [0, 0.1) is 5.82 Å². The van der Waals surface area contributed by atoms with Gasteiger partial charge < -0.3 is 15.0 Å². The smallest absolute Gasteiger partial charge is 0.269 e. The highest BCUT2D eigenvalue weighted by Crippen LogP contribution is 2.20. The van der Waals surface area contributed by atoms with Gasteiger partial charge in [0.2, 0.25) is 6.10 Å². The number of aromatic nitrogens is 5. The number of amides is 1. The van der Waals surface area contributed by atoms with Crippen LogP contribution in [0.15, 0.2) is 77.0 Å².